The summed E-state index contributed by atoms with van der Waals surface area (Å²) in [5, 5.41) is 9.60. The summed E-state index contributed by atoms with van der Waals surface area (Å²) in [6.45, 7) is 4.62. The van der Waals surface area contributed by atoms with E-state index in [-0.39, 0.29) is 36.2 Å². The fraction of sp³-hybridized carbons (Fsp3) is 0.717. The molecule has 0 aliphatic rings. The molecule has 0 aromatic heterocycles. The maximum absolute atomic E-state index is 12.7. The van der Waals surface area contributed by atoms with Crippen LogP contribution in [0.4, 0.5) is 0 Å². The fourth-order valence-electron chi connectivity index (χ4n) is 5.86. The van der Waals surface area contributed by atoms with Crippen LogP contribution in [-0.2, 0) is 28.6 Å². The zero-order valence-corrected chi connectivity index (χ0v) is 35.2. The molecule has 1 N–H and O–H groups in total. The van der Waals surface area contributed by atoms with Crippen molar-refractivity contribution in [1.82, 2.24) is 0 Å². The van der Waals surface area contributed by atoms with Crippen molar-refractivity contribution < 1.29 is 38.2 Å². The first kappa shape index (κ1) is 51.0. The van der Waals surface area contributed by atoms with E-state index in [0.29, 0.717) is 19.3 Å². The highest BCUT2D eigenvalue weighted by Gasteiger charge is 2.31. The lowest BCUT2D eigenvalue weighted by molar-refractivity contribution is -0.887. The van der Waals surface area contributed by atoms with E-state index in [1.54, 1.807) is 0 Å². The SMILES string of the molecule is CCCCC/C=C/C=C/C=C/C=C/CCCCCCCC(=O)OCC(COCCC(C(=O)O)[N+](C)(C)C)OC(=O)CCCCCCC/C=C/CCCCC. The van der Waals surface area contributed by atoms with Gasteiger partial charge in [0.2, 0.25) is 0 Å². The molecular formula is C46H80NO7+. The van der Waals surface area contributed by atoms with Gasteiger partial charge in [0.15, 0.2) is 12.1 Å². The molecule has 0 spiro atoms. The van der Waals surface area contributed by atoms with Crippen LogP contribution in [0.25, 0.3) is 0 Å². The van der Waals surface area contributed by atoms with Crippen LogP contribution in [0.15, 0.2) is 60.8 Å². The molecule has 8 nitrogen and oxygen atoms in total. The van der Waals surface area contributed by atoms with Gasteiger partial charge in [-0.15, -0.1) is 0 Å². The number of allylic oxidation sites excluding steroid dienone is 10. The van der Waals surface area contributed by atoms with Crippen molar-refractivity contribution in [3.63, 3.8) is 0 Å². The van der Waals surface area contributed by atoms with Crippen molar-refractivity contribution in [1.29, 1.82) is 0 Å². The van der Waals surface area contributed by atoms with Gasteiger partial charge in [0, 0.05) is 19.3 Å². The number of carbonyl (C=O) groups excluding carboxylic acids is 2. The van der Waals surface area contributed by atoms with Crippen molar-refractivity contribution in [3.8, 4) is 0 Å². The van der Waals surface area contributed by atoms with Gasteiger partial charge in [-0.2, -0.15) is 0 Å². The van der Waals surface area contributed by atoms with Gasteiger partial charge in [0.05, 0.1) is 34.4 Å². The number of unbranched alkanes of at least 4 members (excludes halogenated alkanes) is 16. The quantitative estimate of drug-likeness (QED) is 0.0221. The molecule has 2 atom stereocenters. The van der Waals surface area contributed by atoms with Gasteiger partial charge in [-0.3, -0.25) is 9.59 Å². The Morgan fingerprint density at radius 1 is 0.556 bits per heavy atom. The normalized spacial score (nSPS) is 13.6. The summed E-state index contributed by atoms with van der Waals surface area (Å²) in [7, 11) is 5.51. The number of carbonyl (C=O) groups is 3. The van der Waals surface area contributed by atoms with Crippen molar-refractivity contribution in [3.05, 3.63) is 60.8 Å². The smallest absolute Gasteiger partial charge is 0.362 e. The second-order valence-corrected chi connectivity index (χ2v) is 15.3. The Morgan fingerprint density at radius 3 is 1.50 bits per heavy atom. The van der Waals surface area contributed by atoms with Crippen LogP contribution in [0.5, 0.6) is 0 Å². The van der Waals surface area contributed by atoms with Gasteiger partial charge in [0.25, 0.3) is 0 Å². The van der Waals surface area contributed by atoms with E-state index in [1.165, 1.54) is 51.4 Å². The molecule has 0 aromatic rings. The Balaban J connectivity index is 4.42. The zero-order valence-electron chi connectivity index (χ0n) is 35.2. The van der Waals surface area contributed by atoms with Gasteiger partial charge in [-0.05, 0) is 64.2 Å². The van der Waals surface area contributed by atoms with E-state index in [1.807, 2.05) is 27.2 Å². The summed E-state index contributed by atoms with van der Waals surface area (Å²) >= 11 is 0. The zero-order chi connectivity index (χ0) is 40.0. The number of carboxylic acids is 1. The Bertz CT molecular complexity index is 1070. The number of hydrogen-bond acceptors (Lipinski definition) is 6. The van der Waals surface area contributed by atoms with E-state index < -0.39 is 18.1 Å². The molecule has 0 aromatic carbocycles. The Hall–Kier alpha value is -2.97. The molecule has 0 bridgehead atoms. The third kappa shape index (κ3) is 34.8. The highest BCUT2D eigenvalue weighted by atomic mass is 16.6. The summed E-state index contributed by atoms with van der Waals surface area (Å²) in [5.74, 6) is -1.52. The van der Waals surface area contributed by atoms with Crippen molar-refractivity contribution >= 4 is 17.9 Å². The molecule has 54 heavy (non-hydrogen) atoms. The summed E-state index contributed by atoms with van der Waals surface area (Å²) in [6.07, 6.45) is 44.0. The minimum atomic E-state index is -0.883. The van der Waals surface area contributed by atoms with Crippen LogP contribution >= 0.6 is 0 Å². The second kappa shape index (κ2) is 37.0. The third-order valence-electron chi connectivity index (χ3n) is 9.23. The van der Waals surface area contributed by atoms with Crippen LogP contribution < -0.4 is 0 Å². The largest absolute Gasteiger partial charge is 0.477 e. The summed E-state index contributed by atoms with van der Waals surface area (Å²) in [6, 6.07) is -0.621. The molecule has 0 aliphatic carbocycles. The molecule has 8 heteroatoms. The first-order valence-corrected chi connectivity index (χ1v) is 21.4. The molecule has 0 saturated heterocycles. The van der Waals surface area contributed by atoms with Gasteiger partial charge in [0.1, 0.15) is 6.61 Å². The van der Waals surface area contributed by atoms with Crippen molar-refractivity contribution in [2.45, 2.75) is 174 Å². The Labute approximate surface area is 330 Å². The number of hydrogen-bond donors (Lipinski definition) is 1. The van der Waals surface area contributed by atoms with E-state index in [2.05, 4.69) is 68.5 Å². The van der Waals surface area contributed by atoms with Crippen LogP contribution in [0.1, 0.15) is 162 Å². The number of aliphatic carboxylic acids is 1. The number of carboxylic acid groups (broad SMARTS) is 1. The number of esters is 2. The first-order chi connectivity index (χ1) is 26.1. The van der Waals surface area contributed by atoms with Gasteiger partial charge in [-0.25, -0.2) is 4.79 Å². The highest BCUT2D eigenvalue weighted by Crippen LogP contribution is 2.13. The van der Waals surface area contributed by atoms with E-state index >= 15 is 0 Å². The lowest BCUT2D eigenvalue weighted by Gasteiger charge is -2.31. The van der Waals surface area contributed by atoms with E-state index in [9.17, 15) is 19.5 Å². The van der Waals surface area contributed by atoms with Gasteiger partial charge < -0.3 is 23.8 Å². The van der Waals surface area contributed by atoms with Crippen LogP contribution in [0.2, 0.25) is 0 Å². The molecule has 310 valence electrons. The third-order valence-corrected chi connectivity index (χ3v) is 9.23. The molecular weight excluding hydrogens is 679 g/mol. The number of nitrogens with zero attached hydrogens (tertiary/aromatic N) is 1. The van der Waals surface area contributed by atoms with Crippen molar-refractivity contribution in [2.24, 2.45) is 0 Å². The van der Waals surface area contributed by atoms with E-state index in [0.717, 1.165) is 77.0 Å². The standard InChI is InChI=1S/C46H79NO7/c1-6-8-10-12-14-16-18-20-21-22-23-24-25-27-28-30-32-34-36-44(48)53-41-42(40-52-39-38-43(46(50)51)47(3,4)5)54-45(49)37-35-33-31-29-26-19-17-15-13-11-9-7-2/h14-18,20-24,42-43H,6-13,19,25-41H2,1-5H3/p+1/b16-14+,17-15+,20-18+,22-21+,24-23+. The van der Waals surface area contributed by atoms with Crippen LogP contribution in [0.3, 0.4) is 0 Å². The average Bonchev–Trinajstić information content (AvgIpc) is 3.12. The first-order valence-electron chi connectivity index (χ1n) is 21.4. The Morgan fingerprint density at radius 2 is 1.00 bits per heavy atom. The Kier molecular flexibility index (Phi) is 34.9. The monoisotopic (exact) mass is 759 g/mol. The molecule has 0 rings (SSSR count). The highest BCUT2D eigenvalue weighted by molar-refractivity contribution is 5.72. The fourth-order valence-corrected chi connectivity index (χ4v) is 5.86. The molecule has 0 heterocycles. The molecule has 0 amide bonds. The predicted molar refractivity (Wildman–Crippen MR) is 224 cm³/mol. The molecule has 2 unspecified atom stereocenters. The van der Waals surface area contributed by atoms with Gasteiger partial charge >= 0.3 is 17.9 Å². The summed E-state index contributed by atoms with van der Waals surface area (Å²) < 4.78 is 17.2. The number of likely N-dealkylation sites (N-methyl/N-ethyl adjacent to an activating group) is 1. The number of quaternary nitrogens is 1. The second-order valence-electron chi connectivity index (χ2n) is 15.3. The van der Waals surface area contributed by atoms with Gasteiger partial charge in [-0.1, -0.05) is 139 Å². The average molecular weight is 759 g/mol. The molecule has 0 radical (unpaired) electrons. The number of ether oxygens (including phenoxy) is 3. The summed E-state index contributed by atoms with van der Waals surface area (Å²) in [4.78, 5) is 36.9. The minimum Gasteiger partial charge on any atom is -0.477 e. The minimum absolute atomic E-state index is 0.0476. The number of rotatable bonds is 37. The molecule has 0 aliphatic heterocycles. The molecule has 0 saturated carbocycles. The van der Waals surface area contributed by atoms with Crippen LogP contribution in [-0.4, -0.2) is 80.6 Å². The topological polar surface area (TPSA) is 99.1 Å². The maximum atomic E-state index is 12.7. The van der Waals surface area contributed by atoms with Crippen molar-refractivity contribution in [2.75, 3.05) is 41.0 Å². The predicted octanol–water partition coefficient (Wildman–Crippen LogP) is 11.4. The van der Waals surface area contributed by atoms with E-state index in [4.69, 9.17) is 14.2 Å². The van der Waals surface area contributed by atoms with Crippen LogP contribution in [0, 0.1) is 0 Å². The lowest BCUT2D eigenvalue weighted by Crippen LogP contribution is -2.50. The molecule has 0 fully saturated rings. The summed E-state index contributed by atoms with van der Waals surface area (Å²) in [5.41, 5.74) is 0. The maximum Gasteiger partial charge on any atom is 0.362 e. The lowest BCUT2D eigenvalue weighted by atomic mass is 10.1.